The maximum absolute atomic E-state index is 11.8. The number of benzene rings is 1. The molecule has 0 amide bonds. The van der Waals surface area contributed by atoms with Crippen LogP contribution in [0, 0.1) is 0 Å². The largest absolute Gasteiger partial charge is 0.497 e. The molecule has 0 radical (unpaired) electrons. The predicted octanol–water partition coefficient (Wildman–Crippen LogP) is 2.29. The van der Waals surface area contributed by atoms with Gasteiger partial charge in [0.25, 0.3) is 5.56 Å². The Morgan fingerprint density at radius 3 is 2.75 bits per heavy atom. The summed E-state index contributed by atoms with van der Waals surface area (Å²) in [6.45, 7) is 0. The average Bonchev–Trinajstić information content (AvgIpc) is 2.33. The Balaban J connectivity index is 2.82. The Morgan fingerprint density at radius 1 is 1.38 bits per heavy atom. The molecular weight excluding hydrogens is 226 g/mol. The number of hydrogen-bond acceptors (Lipinski definition) is 2. The summed E-state index contributed by atoms with van der Waals surface area (Å²) in [4.78, 5) is 11.8. The van der Waals surface area contributed by atoms with Crippen LogP contribution >= 0.6 is 11.6 Å². The van der Waals surface area contributed by atoms with E-state index in [4.69, 9.17) is 16.3 Å². The summed E-state index contributed by atoms with van der Waals surface area (Å²) < 4.78 is 6.75. The molecule has 0 N–H and O–H groups in total. The van der Waals surface area contributed by atoms with Gasteiger partial charge in [0, 0.05) is 18.0 Å². The van der Waals surface area contributed by atoms with Gasteiger partial charge in [-0.15, -0.1) is 11.6 Å². The first-order valence-electron chi connectivity index (χ1n) is 4.90. The first-order valence-corrected chi connectivity index (χ1v) is 5.43. The normalized spacial score (nSPS) is 10.7. The predicted molar refractivity (Wildman–Crippen MR) is 65.3 cm³/mol. The quantitative estimate of drug-likeness (QED) is 0.751. The second-order valence-electron chi connectivity index (χ2n) is 3.59. The highest BCUT2D eigenvalue weighted by molar-refractivity contribution is 6.17. The molecule has 1 aromatic carbocycles. The van der Waals surface area contributed by atoms with Crippen LogP contribution in [-0.2, 0) is 12.9 Å². The van der Waals surface area contributed by atoms with Crippen molar-refractivity contribution in [1.29, 1.82) is 0 Å². The molecule has 1 heterocycles. The van der Waals surface area contributed by atoms with E-state index in [1.807, 2.05) is 24.3 Å². The number of nitrogens with zero attached hydrogens (tertiary/aromatic N) is 1. The van der Waals surface area contributed by atoms with Gasteiger partial charge in [-0.05, 0) is 24.3 Å². The van der Waals surface area contributed by atoms with E-state index in [1.165, 1.54) is 0 Å². The van der Waals surface area contributed by atoms with Crippen molar-refractivity contribution >= 4 is 22.5 Å². The molecule has 16 heavy (non-hydrogen) atoms. The summed E-state index contributed by atoms with van der Waals surface area (Å²) in [5, 5.41) is 0.956. The van der Waals surface area contributed by atoms with Crippen molar-refractivity contribution in [2.45, 2.75) is 5.88 Å². The Bertz CT molecular complexity index is 589. The second-order valence-corrected chi connectivity index (χ2v) is 3.86. The minimum Gasteiger partial charge on any atom is -0.497 e. The van der Waals surface area contributed by atoms with Crippen LogP contribution in [0.4, 0.5) is 0 Å². The van der Waals surface area contributed by atoms with Crippen molar-refractivity contribution in [3.8, 4) is 5.75 Å². The van der Waals surface area contributed by atoms with E-state index in [9.17, 15) is 4.79 Å². The van der Waals surface area contributed by atoms with Crippen molar-refractivity contribution in [3.05, 3.63) is 40.2 Å². The molecule has 0 aliphatic carbocycles. The molecular formula is C12H12ClNO2. The van der Waals surface area contributed by atoms with Gasteiger partial charge >= 0.3 is 0 Å². The molecule has 4 heteroatoms. The summed E-state index contributed by atoms with van der Waals surface area (Å²) in [7, 11) is 3.36. The fraction of sp³-hybridized carbons (Fsp3) is 0.250. The second kappa shape index (κ2) is 4.18. The van der Waals surface area contributed by atoms with E-state index in [1.54, 1.807) is 18.7 Å². The lowest BCUT2D eigenvalue weighted by molar-refractivity contribution is 0.415. The Labute approximate surface area is 98.2 Å². The molecule has 0 spiro atoms. The zero-order valence-corrected chi connectivity index (χ0v) is 9.91. The van der Waals surface area contributed by atoms with Gasteiger partial charge in [-0.1, -0.05) is 0 Å². The van der Waals surface area contributed by atoms with Gasteiger partial charge in [0.05, 0.1) is 18.5 Å². The zero-order valence-electron chi connectivity index (χ0n) is 9.16. The molecule has 0 fully saturated rings. The molecule has 3 nitrogen and oxygen atoms in total. The van der Waals surface area contributed by atoms with Crippen LogP contribution < -0.4 is 10.3 Å². The highest BCUT2D eigenvalue weighted by atomic mass is 35.5. The third kappa shape index (κ3) is 1.67. The lowest BCUT2D eigenvalue weighted by Gasteiger charge is -2.08. The molecule has 84 valence electrons. The standard InChI is InChI=1S/C12H12ClNO2/c1-14-11-4-3-10(16-2)6-8(11)5-9(7-13)12(14)15/h3-6H,7H2,1-2H3. The number of fused-ring (bicyclic) bond motifs is 1. The third-order valence-corrected chi connectivity index (χ3v) is 2.94. The Morgan fingerprint density at radius 2 is 2.12 bits per heavy atom. The van der Waals surface area contributed by atoms with Crippen LogP contribution in [-0.4, -0.2) is 11.7 Å². The van der Waals surface area contributed by atoms with Crippen LogP contribution in [0.1, 0.15) is 5.56 Å². The minimum absolute atomic E-state index is 0.0485. The van der Waals surface area contributed by atoms with Crippen molar-refractivity contribution in [2.75, 3.05) is 7.11 Å². The van der Waals surface area contributed by atoms with Gasteiger partial charge in [-0.25, -0.2) is 0 Å². The number of alkyl halides is 1. The maximum atomic E-state index is 11.8. The number of aryl methyl sites for hydroxylation is 1. The first kappa shape index (κ1) is 11.0. The molecule has 0 bridgehead atoms. The van der Waals surface area contributed by atoms with Gasteiger partial charge in [0.2, 0.25) is 0 Å². The third-order valence-electron chi connectivity index (χ3n) is 2.65. The molecule has 0 saturated carbocycles. The van der Waals surface area contributed by atoms with E-state index < -0.39 is 0 Å². The Hall–Kier alpha value is -1.48. The van der Waals surface area contributed by atoms with E-state index >= 15 is 0 Å². The average molecular weight is 238 g/mol. The highest BCUT2D eigenvalue weighted by Gasteiger charge is 2.06. The van der Waals surface area contributed by atoms with E-state index in [2.05, 4.69) is 0 Å². The first-order chi connectivity index (χ1) is 7.67. The zero-order chi connectivity index (χ0) is 11.7. The lowest BCUT2D eigenvalue weighted by atomic mass is 10.1. The molecule has 0 aliphatic rings. The summed E-state index contributed by atoms with van der Waals surface area (Å²) >= 11 is 5.73. The van der Waals surface area contributed by atoms with Crippen molar-refractivity contribution in [2.24, 2.45) is 7.05 Å². The topological polar surface area (TPSA) is 31.2 Å². The number of methoxy groups -OCH3 is 1. The molecule has 1 aromatic heterocycles. The maximum Gasteiger partial charge on any atom is 0.255 e. The molecule has 2 aromatic rings. The van der Waals surface area contributed by atoms with E-state index in [0.717, 1.165) is 16.7 Å². The summed E-state index contributed by atoms with van der Waals surface area (Å²) in [6.07, 6.45) is 0. The number of aromatic nitrogens is 1. The van der Waals surface area contributed by atoms with Gasteiger partial charge in [-0.2, -0.15) is 0 Å². The van der Waals surface area contributed by atoms with Gasteiger partial charge in [-0.3, -0.25) is 4.79 Å². The number of hydrogen-bond donors (Lipinski definition) is 0. The lowest BCUT2D eigenvalue weighted by Crippen LogP contribution is -2.20. The van der Waals surface area contributed by atoms with Crippen molar-refractivity contribution in [1.82, 2.24) is 4.57 Å². The van der Waals surface area contributed by atoms with Gasteiger partial charge in [0.15, 0.2) is 0 Å². The number of halogens is 1. The summed E-state index contributed by atoms with van der Waals surface area (Å²) in [5.74, 6) is 0.992. The van der Waals surface area contributed by atoms with Crippen LogP contribution in [0.5, 0.6) is 5.75 Å². The van der Waals surface area contributed by atoms with Crippen LogP contribution in [0.2, 0.25) is 0 Å². The van der Waals surface area contributed by atoms with E-state index in [0.29, 0.717) is 5.56 Å². The van der Waals surface area contributed by atoms with Crippen molar-refractivity contribution < 1.29 is 4.74 Å². The fourth-order valence-electron chi connectivity index (χ4n) is 1.75. The van der Waals surface area contributed by atoms with Gasteiger partial charge in [0.1, 0.15) is 5.75 Å². The highest BCUT2D eigenvalue weighted by Crippen LogP contribution is 2.20. The monoisotopic (exact) mass is 237 g/mol. The van der Waals surface area contributed by atoms with Crippen LogP contribution in [0.15, 0.2) is 29.1 Å². The fourth-order valence-corrected chi connectivity index (χ4v) is 1.94. The minimum atomic E-state index is -0.0485. The van der Waals surface area contributed by atoms with E-state index in [-0.39, 0.29) is 11.4 Å². The summed E-state index contributed by atoms with van der Waals surface area (Å²) in [5.41, 5.74) is 1.43. The molecule has 0 atom stereocenters. The molecule has 0 unspecified atom stereocenters. The SMILES string of the molecule is COc1ccc2c(c1)cc(CCl)c(=O)n2C. The molecule has 0 aliphatic heterocycles. The smallest absolute Gasteiger partial charge is 0.255 e. The number of pyridine rings is 1. The van der Waals surface area contributed by atoms with Crippen LogP contribution in [0.3, 0.4) is 0 Å². The van der Waals surface area contributed by atoms with Gasteiger partial charge < -0.3 is 9.30 Å². The molecule has 2 rings (SSSR count). The molecule has 0 saturated heterocycles. The van der Waals surface area contributed by atoms with Crippen molar-refractivity contribution in [3.63, 3.8) is 0 Å². The summed E-state index contributed by atoms with van der Waals surface area (Å²) in [6, 6.07) is 7.41. The Kier molecular flexibility index (Phi) is 2.88. The number of ether oxygens (including phenoxy) is 1. The van der Waals surface area contributed by atoms with Crippen LogP contribution in [0.25, 0.3) is 10.9 Å². The number of rotatable bonds is 2.